The molecule has 0 saturated carbocycles. The molecule has 2 N–H and O–H groups in total. The maximum atomic E-state index is 12.8. The van der Waals surface area contributed by atoms with E-state index >= 15 is 0 Å². The van der Waals surface area contributed by atoms with Gasteiger partial charge in [-0.2, -0.15) is 0 Å². The Morgan fingerprint density at radius 3 is 2.50 bits per heavy atom. The van der Waals surface area contributed by atoms with Crippen LogP contribution >= 0.6 is 0 Å². The first-order valence-electron chi connectivity index (χ1n) is 7.31. The van der Waals surface area contributed by atoms with Crippen LogP contribution in [0.1, 0.15) is 39.2 Å². The average molecular weight is 280 g/mol. The van der Waals surface area contributed by atoms with E-state index < -0.39 is 0 Å². The third kappa shape index (κ3) is 6.15. The fourth-order valence-corrected chi connectivity index (χ4v) is 2.05. The lowest BCUT2D eigenvalue weighted by atomic mass is 10.1. The molecule has 112 valence electrons. The van der Waals surface area contributed by atoms with E-state index in [1.165, 1.54) is 12.1 Å². The summed E-state index contributed by atoms with van der Waals surface area (Å²) in [6.07, 6.45) is 2.84. The Morgan fingerprint density at radius 2 is 1.90 bits per heavy atom. The zero-order valence-corrected chi connectivity index (χ0v) is 12.6. The Bertz CT molecular complexity index is 405. The van der Waals surface area contributed by atoms with E-state index in [2.05, 4.69) is 17.6 Å². The van der Waals surface area contributed by atoms with Crippen molar-refractivity contribution in [3.8, 4) is 0 Å². The van der Waals surface area contributed by atoms with Gasteiger partial charge in [-0.15, -0.1) is 0 Å². The maximum Gasteiger partial charge on any atom is 0.237 e. The van der Waals surface area contributed by atoms with Gasteiger partial charge >= 0.3 is 0 Å². The lowest BCUT2D eigenvalue weighted by molar-refractivity contribution is -0.123. The van der Waals surface area contributed by atoms with E-state index in [1.807, 2.05) is 13.8 Å². The molecule has 0 fully saturated rings. The van der Waals surface area contributed by atoms with E-state index in [4.69, 9.17) is 0 Å². The Morgan fingerprint density at radius 1 is 1.25 bits per heavy atom. The van der Waals surface area contributed by atoms with Crippen LogP contribution in [0, 0.1) is 5.82 Å². The first-order valence-corrected chi connectivity index (χ1v) is 7.31. The minimum Gasteiger partial charge on any atom is -0.352 e. The number of carbonyl (C=O) groups excluding carboxylic acids is 1. The lowest BCUT2D eigenvalue weighted by Crippen LogP contribution is -2.45. The maximum absolute atomic E-state index is 12.8. The summed E-state index contributed by atoms with van der Waals surface area (Å²) in [5.74, 6) is -0.190. The van der Waals surface area contributed by atoms with Gasteiger partial charge in [0.15, 0.2) is 0 Å². The molecule has 0 bridgehead atoms. The van der Waals surface area contributed by atoms with Crippen LogP contribution in [-0.2, 0) is 11.2 Å². The monoisotopic (exact) mass is 280 g/mol. The van der Waals surface area contributed by atoms with Crippen molar-refractivity contribution in [3.63, 3.8) is 0 Å². The zero-order valence-electron chi connectivity index (χ0n) is 12.6. The first-order chi connectivity index (χ1) is 9.52. The predicted octanol–water partition coefficient (Wildman–Crippen LogP) is 2.65. The van der Waals surface area contributed by atoms with E-state index in [0.717, 1.165) is 24.8 Å². The minimum absolute atomic E-state index is 0.0325. The van der Waals surface area contributed by atoms with Crippen LogP contribution in [0.25, 0.3) is 0 Å². The third-order valence-corrected chi connectivity index (χ3v) is 3.28. The summed E-state index contributed by atoms with van der Waals surface area (Å²) in [6.45, 7) is 6.68. The summed E-state index contributed by atoms with van der Waals surface area (Å²) in [4.78, 5) is 11.9. The molecule has 1 aromatic carbocycles. The smallest absolute Gasteiger partial charge is 0.237 e. The molecule has 2 unspecified atom stereocenters. The second-order valence-corrected chi connectivity index (χ2v) is 5.25. The van der Waals surface area contributed by atoms with Gasteiger partial charge in [0.05, 0.1) is 6.04 Å². The van der Waals surface area contributed by atoms with Crippen LogP contribution in [0.2, 0.25) is 0 Å². The molecule has 0 aliphatic heterocycles. The van der Waals surface area contributed by atoms with Gasteiger partial charge in [-0.3, -0.25) is 4.79 Å². The molecular formula is C16H25FN2O. The fourth-order valence-electron chi connectivity index (χ4n) is 2.05. The highest BCUT2D eigenvalue weighted by Gasteiger charge is 2.13. The van der Waals surface area contributed by atoms with Crippen LogP contribution in [-0.4, -0.2) is 24.5 Å². The van der Waals surface area contributed by atoms with Gasteiger partial charge in [0.25, 0.3) is 0 Å². The fraction of sp³-hybridized carbons (Fsp3) is 0.562. The number of amides is 1. The number of carbonyl (C=O) groups is 1. The summed E-state index contributed by atoms with van der Waals surface area (Å²) >= 11 is 0. The van der Waals surface area contributed by atoms with Gasteiger partial charge in [-0.05, 0) is 50.9 Å². The van der Waals surface area contributed by atoms with Crippen molar-refractivity contribution in [2.45, 2.75) is 52.1 Å². The molecule has 0 radical (unpaired) electrons. The summed E-state index contributed by atoms with van der Waals surface area (Å²) in [6, 6.07) is 6.45. The molecule has 2 atom stereocenters. The van der Waals surface area contributed by atoms with Gasteiger partial charge in [0, 0.05) is 6.04 Å². The SMILES string of the molecule is CCCC(C)NC(=O)C(C)NCCc1ccc(F)cc1. The van der Waals surface area contributed by atoms with Crippen LogP contribution in [0.3, 0.4) is 0 Å². The molecule has 0 heterocycles. The Kier molecular flexibility index (Phi) is 7.23. The normalized spacial score (nSPS) is 13.8. The van der Waals surface area contributed by atoms with Crippen molar-refractivity contribution in [3.05, 3.63) is 35.6 Å². The van der Waals surface area contributed by atoms with Gasteiger partial charge in [-0.25, -0.2) is 4.39 Å². The van der Waals surface area contributed by atoms with Crippen LogP contribution in [0.15, 0.2) is 24.3 Å². The van der Waals surface area contributed by atoms with Crippen molar-refractivity contribution in [2.75, 3.05) is 6.54 Å². The highest BCUT2D eigenvalue weighted by Crippen LogP contribution is 2.03. The quantitative estimate of drug-likeness (QED) is 0.768. The summed E-state index contributed by atoms with van der Waals surface area (Å²) in [7, 11) is 0. The van der Waals surface area contributed by atoms with Gasteiger partial charge in [-0.1, -0.05) is 25.5 Å². The predicted molar refractivity (Wildman–Crippen MR) is 80.1 cm³/mol. The summed E-state index contributed by atoms with van der Waals surface area (Å²) in [5.41, 5.74) is 1.06. The molecular weight excluding hydrogens is 255 g/mol. The van der Waals surface area contributed by atoms with Crippen molar-refractivity contribution < 1.29 is 9.18 Å². The van der Waals surface area contributed by atoms with Crippen LogP contribution in [0.5, 0.6) is 0 Å². The standard InChI is InChI=1S/C16H25FN2O/c1-4-5-12(2)19-16(20)13(3)18-11-10-14-6-8-15(17)9-7-14/h6-9,12-13,18H,4-5,10-11H2,1-3H3,(H,19,20). The zero-order chi connectivity index (χ0) is 15.0. The van der Waals surface area contributed by atoms with Crippen molar-refractivity contribution in [1.29, 1.82) is 0 Å². The highest BCUT2D eigenvalue weighted by atomic mass is 19.1. The number of benzene rings is 1. The molecule has 1 aromatic rings. The first kappa shape index (κ1) is 16.6. The molecule has 1 rings (SSSR count). The van der Waals surface area contributed by atoms with Gasteiger partial charge in [0.2, 0.25) is 5.91 Å². The molecule has 4 heteroatoms. The molecule has 3 nitrogen and oxygen atoms in total. The molecule has 0 saturated heterocycles. The van der Waals surface area contributed by atoms with Crippen molar-refractivity contribution in [2.24, 2.45) is 0 Å². The Hall–Kier alpha value is -1.42. The Labute approximate surface area is 121 Å². The van der Waals surface area contributed by atoms with Crippen molar-refractivity contribution in [1.82, 2.24) is 10.6 Å². The second kappa shape index (κ2) is 8.69. The topological polar surface area (TPSA) is 41.1 Å². The van der Waals surface area contributed by atoms with Crippen LogP contribution in [0.4, 0.5) is 4.39 Å². The molecule has 0 aromatic heterocycles. The number of nitrogens with one attached hydrogen (secondary N) is 2. The molecule has 0 aliphatic carbocycles. The second-order valence-electron chi connectivity index (χ2n) is 5.25. The van der Waals surface area contributed by atoms with Gasteiger partial charge < -0.3 is 10.6 Å². The number of halogens is 1. The molecule has 0 spiro atoms. The van der Waals surface area contributed by atoms with Gasteiger partial charge in [0.1, 0.15) is 5.82 Å². The number of rotatable bonds is 8. The Balaban J connectivity index is 2.26. The average Bonchev–Trinajstić information content (AvgIpc) is 2.41. The largest absolute Gasteiger partial charge is 0.352 e. The molecule has 0 aliphatic rings. The highest BCUT2D eigenvalue weighted by molar-refractivity contribution is 5.81. The van der Waals surface area contributed by atoms with E-state index in [-0.39, 0.29) is 23.8 Å². The van der Waals surface area contributed by atoms with E-state index in [1.54, 1.807) is 12.1 Å². The van der Waals surface area contributed by atoms with Crippen molar-refractivity contribution >= 4 is 5.91 Å². The van der Waals surface area contributed by atoms with E-state index in [9.17, 15) is 9.18 Å². The molecule has 1 amide bonds. The summed E-state index contributed by atoms with van der Waals surface area (Å²) < 4.78 is 12.8. The summed E-state index contributed by atoms with van der Waals surface area (Å²) in [5, 5.41) is 6.17. The number of hydrogen-bond acceptors (Lipinski definition) is 2. The minimum atomic E-state index is -0.223. The number of hydrogen-bond donors (Lipinski definition) is 2. The van der Waals surface area contributed by atoms with Crippen LogP contribution < -0.4 is 10.6 Å². The molecule has 20 heavy (non-hydrogen) atoms. The van der Waals surface area contributed by atoms with E-state index in [0.29, 0.717) is 6.54 Å². The lowest BCUT2D eigenvalue weighted by Gasteiger charge is -2.18. The third-order valence-electron chi connectivity index (χ3n) is 3.28.